The highest BCUT2D eigenvalue weighted by Crippen LogP contribution is 2.43. The van der Waals surface area contributed by atoms with Gasteiger partial charge in [0.25, 0.3) is 0 Å². The molecule has 59 heavy (non-hydrogen) atoms. The molecule has 3 heterocycles. The molecule has 11 rings (SSSR count). The summed E-state index contributed by atoms with van der Waals surface area (Å²) in [6.45, 7) is 0. The Hall–Kier alpha value is -8.02. The van der Waals surface area contributed by atoms with E-state index in [1.54, 1.807) is 0 Å². The van der Waals surface area contributed by atoms with Crippen LogP contribution in [0, 0.1) is 0 Å². The molecule has 278 valence electrons. The molecule has 0 spiro atoms. The second-order valence-corrected chi connectivity index (χ2v) is 14.7. The lowest BCUT2D eigenvalue weighted by atomic mass is 9.97. The van der Waals surface area contributed by atoms with Gasteiger partial charge in [-0.3, -0.25) is 9.97 Å². The molecule has 0 N–H and O–H groups in total. The van der Waals surface area contributed by atoms with E-state index in [9.17, 15) is 0 Å². The number of hydrogen-bond donors (Lipinski definition) is 0. The molecule has 0 unspecified atom stereocenters. The Morgan fingerprint density at radius 2 is 0.831 bits per heavy atom. The molecule has 0 amide bonds. The summed E-state index contributed by atoms with van der Waals surface area (Å²) in [6, 6.07) is 75.6. The predicted molar refractivity (Wildman–Crippen MR) is 246 cm³/mol. The monoisotopic (exact) mass is 755 g/mol. The van der Waals surface area contributed by atoms with Crippen LogP contribution >= 0.6 is 0 Å². The predicted octanol–water partition coefficient (Wildman–Crippen LogP) is 14.5. The lowest BCUT2D eigenvalue weighted by Crippen LogP contribution is -2.09. The van der Waals surface area contributed by atoms with E-state index in [0.29, 0.717) is 0 Å². The van der Waals surface area contributed by atoms with Crippen LogP contribution in [0.4, 0.5) is 34.1 Å². The third-order valence-electron chi connectivity index (χ3n) is 11.2. The van der Waals surface area contributed by atoms with Crippen molar-refractivity contribution >= 4 is 77.7 Å². The maximum Gasteiger partial charge on any atom is 0.0970 e. The molecular weight excluding hydrogens is 719 g/mol. The van der Waals surface area contributed by atoms with E-state index in [0.717, 1.165) is 94.6 Å². The Labute approximate surface area is 342 Å². The Bertz CT molecular complexity index is 3050. The third kappa shape index (κ3) is 6.04. The minimum Gasteiger partial charge on any atom is -0.310 e. The third-order valence-corrected chi connectivity index (χ3v) is 11.2. The number of benzene rings is 8. The summed E-state index contributed by atoms with van der Waals surface area (Å²) < 4.78 is 2.41. The Morgan fingerprint density at radius 3 is 1.36 bits per heavy atom. The fourth-order valence-electron chi connectivity index (χ4n) is 8.59. The zero-order valence-corrected chi connectivity index (χ0v) is 32.1. The topological polar surface area (TPSA) is 37.2 Å². The SMILES string of the molecule is c1ccc(N(c2ccccc2)c2ccc3c(c2)c2cc(N(c4ccccc4)c4ccccc4)ccc2n3-c2cccc(-c3cc4cccnc4c4ncccc34)c2)cc1. The van der Waals surface area contributed by atoms with E-state index < -0.39 is 0 Å². The van der Waals surface area contributed by atoms with Crippen molar-refractivity contribution < 1.29 is 0 Å². The number of pyridine rings is 2. The molecule has 5 nitrogen and oxygen atoms in total. The maximum absolute atomic E-state index is 4.81. The van der Waals surface area contributed by atoms with Crippen LogP contribution in [0.3, 0.4) is 0 Å². The first-order chi connectivity index (χ1) is 29.3. The van der Waals surface area contributed by atoms with Gasteiger partial charge in [0.2, 0.25) is 0 Å². The van der Waals surface area contributed by atoms with E-state index in [2.05, 4.69) is 215 Å². The Balaban J connectivity index is 1.16. The zero-order chi connectivity index (χ0) is 39.1. The first-order valence-electron chi connectivity index (χ1n) is 19.9. The fraction of sp³-hybridized carbons (Fsp3) is 0. The van der Waals surface area contributed by atoms with Crippen molar-refractivity contribution in [1.29, 1.82) is 0 Å². The summed E-state index contributed by atoms with van der Waals surface area (Å²) in [7, 11) is 0. The number of para-hydroxylation sites is 4. The zero-order valence-electron chi connectivity index (χ0n) is 32.1. The Kier molecular flexibility index (Phi) is 8.41. The number of fused-ring (bicyclic) bond motifs is 6. The maximum atomic E-state index is 4.81. The molecule has 3 aromatic heterocycles. The molecule has 0 bridgehead atoms. The van der Waals surface area contributed by atoms with Crippen molar-refractivity contribution in [2.75, 3.05) is 9.80 Å². The van der Waals surface area contributed by atoms with Crippen LogP contribution in [-0.4, -0.2) is 14.5 Å². The van der Waals surface area contributed by atoms with Gasteiger partial charge >= 0.3 is 0 Å². The molecule has 0 aliphatic heterocycles. The van der Waals surface area contributed by atoms with E-state index in [-0.39, 0.29) is 0 Å². The van der Waals surface area contributed by atoms with Gasteiger partial charge in [0.05, 0.1) is 22.1 Å². The van der Waals surface area contributed by atoms with Crippen LogP contribution in [-0.2, 0) is 0 Å². The standard InChI is InChI=1S/C54H37N5/c1-5-18-40(19-6-1)57(41-20-7-2-8-21-41)45-28-30-51-49(36-45)50-37-46(58(42-22-9-3-10-23-42)43-24-11-4-12-25-43)29-31-52(50)59(51)44-26-13-16-38(34-44)48-35-39-17-14-32-55-53(39)54-47(48)27-15-33-56-54/h1-37H. The van der Waals surface area contributed by atoms with Crippen molar-refractivity contribution in [3.05, 3.63) is 225 Å². The van der Waals surface area contributed by atoms with Crippen molar-refractivity contribution in [2.24, 2.45) is 0 Å². The van der Waals surface area contributed by atoms with Crippen LogP contribution in [0.15, 0.2) is 225 Å². The number of rotatable bonds is 8. The van der Waals surface area contributed by atoms with Gasteiger partial charge in [0.15, 0.2) is 0 Å². The van der Waals surface area contributed by atoms with Crippen LogP contribution in [0.5, 0.6) is 0 Å². The van der Waals surface area contributed by atoms with Gasteiger partial charge in [-0.2, -0.15) is 0 Å². The van der Waals surface area contributed by atoms with Gasteiger partial charge in [-0.05, 0) is 126 Å². The second-order valence-electron chi connectivity index (χ2n) is 14.7. The first kappa shape index (κ1) is 34.2. The van der Waals surface area contributed by atoms with Crippen molar-refractivity contribution in [2.45, 2.75) is 0 Å². The molecule has 0 saturated heterocycles. The highest BCUT2D eigenvalue weighted by Gasteiger charge is 2.20. The summed E-state index contributed by atoms with van der Waals surface area (Å²) in [5.74, 6) is 0. The highest BCUT2D eigenvalue weighted by atomic mass is 15.1. The lowest BCUT2D eigenvalue weighted by Gasteiger charge is -2.26. The summed E-state index contributed by atoms with van der Waals surface area (Å²) in [4.78, 5) is 14.2. The minimum atomic E-state index is 0.908. The first-order valence-corrected chi connectivity index (χ1v) is 19.9. The highest BCUT2D eigenvalue weighted by molar-refractivity contribution is 6.13. The van der Waals surface area contributed by atoms with Gasteiger partial charge in [-0.25, -0.2) is 0 Å². The summed E-state index contributed by atoms with van der Waals surface area (Å²) in [5, 5.41) is 4.47. The molecule has 5 heteroatoms. The number of anilines is 6. The molecule has 0 radical (unpaired) electrons. The minimum absolute atomic E-state index is 0.908. The molecule has 0 aliphatic carbocycles. The van der Waals surface area contributed by atoms with E-state index in [4.69, 9.17) is 9.97 Å². The summed E-state index contributed by atoms with van der Waals surface area (Å²) >= 11 is 0. The van der Waals surface area contributed by atoms with Crippen LogP contribution < -0.4 is 9.80 Å². The van der Waals surface area contributed by atoms with Crippen molar-refractivity contribution in [3.8, 4) is 16.8 Å². The van der Waals surface area contributed by atoms with Crippen LogP contribution in [0.1, 0.15) is 0 Å². The van der Waals surface area contributed by atoms with E-state index >= 15 is 0 Å². The molecule has 0 atom stereocenters. The average Bonchev–Trinajstić information content (AvgIpc) is 3.63. The van der Waals surface area contributed by atoms with Gasteiger partial charge in [-0.1, -0.05) is 97.1 Å². The molecule has 0 saturated carbocycles. The van der Waals surface area contributed by atoms with Gasteiger partial charge in [-0.15, -0.1) is 0 Å². The van der Waals surface area contributed by atoms with Crippen molar-refractivity contribution in [3.63, 3.8) is 0 Å². The quantitative estimate of drug-likeness (QED) is 0.145. The molecule has 11 aromatic rings. The van der Waals surface area contributed by atoms with Gasteiger partial charge < -0.3 is 14.4 Å². The number of nitrogens with zero attached hydrogens (tertiary/aromatic N) is 5. The Morgan fingerprint density at radius 1 is 0.339 bits per heavy atom. The second kappa shape index (κ2) is 14.5. The van der Waals surface area contributed by atoms with Crippen molar-refractivity contribution in [1.82, 2.24) is 14.5 Å². The normalized spacial score (nSPS) is 11.4. The molecule has 8 aromatic carbocycles. The van der Waals surface area contributed by atoms with Gasteiger partial charge in [0.1, 0.15) is 0 Å². The summed E-state index contributed by atoms with van der Waals surface area (Å²) in [6.07, 6.45) is 3.69. The molecule has 0 fully saturated rings. The average molecular weight is 756 g/mol. The molecular formula is C54H37N5. The lowest BCUT2D eigenvalue weighted by molar-refractivity contribution is 1.18. The fourth-order valence-corrected chi connectivity index (χ4v) is 8.59. The largest absolute Gasteiger partial charge is 0.310 e. The number of aromatic nitrogens is 3. The van der Waals surface area contributed by atoms with Crippen LogP contribution in [0.2, 0.25) is 0 Å². The van der Waals surface area contributed by atoms with Gasteiger partial charge in [0, 0.05) is 73.8 Å². The molecule has 0 aliphatic rings. The van der Waals surface area contributed by atoms with E-state index in [1.807, 2.05) is 24.5 Å². The summed E-state index contributed by atoms with van der Waals surface area (Å²) in [5.41, 5.74) is 14.0. The number of hydrogen-bond acceptors (Lipinski definition) is 4. The smallest absolute Gasteiger partial charge is 0.0970 e. The van der Waals surface area contributed by atoms with Crippen LogP contribution in [0.25, 0.3) is 60.4 Å². The van der Waals surface area contributed by atoms with E-state index in [1.165, 1.54) is 0 Å².